The number of piperazine rings is 1. The number of nitrogens with zero attached hydrogens (tertiary/aromatic N) is 5. The Labute approximate surface area is 235 Å². The number of piperidine rings is 1. The number of carbonyl (C=O) groups excluding carboxylic acids is 2. The third kappa shape index (κ3) is 7.36. The molecular formula is C27H41ClN8O3. The van der Waals surface area contributed by atoms with Gasteiger partial charge in [-0.3, -0.25) is 19.6 Å². The van der Waals surface area contributed by atoms with Crippen LogP contribution in [0.15, 0.2) is 41.3 Å². The number of likely N-dealkylation sites (tertiary alicyclic amines) is 1. The first-order chi connectivity index (χ1) is 17.8. The molecule has 1 unspecified atom stereocenters. The Bertz CT molecular complexity index is 1220. The Morgan fingerprint density at radius 2 is 1.67 bits per heavy atom. The highest BCUT2D eigenvalue weighted by atomic mass is 35.5. The van der Waals surface area contributed by atoms with E-state index in [0.717, 1.165) is 26.1 Å². The summed E-state index contributed by atoms with van der Waals surface area (Å²) >= 11 is 0. The third-order valence-electron chi connectivity index (χ3n) is 7.46. The molecule has 214 valence electrons. The van der Waals surface area contributed by atoms with Gasteiger partial charge in [0, 0.05) is 58.1 Å². The maximum absolute atomic E-state index is 12.7. The van der Waals surface area contributed by atoms with Crippen LogP contribution in [-0.4, -0.2) is 87.0 Å². The molecular weight excluding hydrogens is 520 g/mol. The predicted molar refractivity (Wildman–Crippen MR) is 154 cm³/mol. The monoisotopic (exact) mass is 560 g/mol. The van der Waals surface area contributed by atoms with E-state index in [1.54, 1.807) is 35.9 Å². The van der Waals surface area contributed by atoms with Gasteiger partial charge in [0.2, 0.25) is 5.91 Å². The summed E-state index contributed by atoms with van der Waals surface area (Å²) < 4.78 is 1.45. The second-order valence-electron chi connectivity index (χ2n) is 11.7. The first-order valence-corrected chi connectivity index (χ1v) is 13.1. The number of amides is 3. The van der Waals surface area contributed by atoms with Crippen LogP contribution in [0.1, 0.15) is 39.7 Å². The standard InChI is InChI=1S/C27H40N8O3.ClH/c1-26(2)18-32(11-9-21(26)28)17-19-5-7-20(8-6-19)35-12-10-22(31-25(35)38)30-24(37)34-15-13-33(14-16-34)23(36)27(3,4)29;/h5-8,10,12,21H,9,11,13-18,28-29H2,1-4H3,(H,30,31,37,38);1H. The molecule has 4 rings (SSSR count). The second-order valence-corrected chi connectivity index (χ2v) is 11.7. The van der Waals surface area contributed by atoms with Crippen molar-refractivity contribution in [2.45, 2.75) is 52.2 Å². The summed E-state index contributed by atoms with van der Waals surface area (Å²) in [6.45, 7) is 12.1. The van der Waals surface area contributed by atoms with Gasteiger partial charge in [0.15, 0.2) is 0 Å². The highest BCUT2D eigenvalue weighted by molar-refractivity contribution is 5.89. The number of hydrogen-bond donors (Lipinski definition) is 3. The lowest BCUT2D eigenvalue weighted by atomic mass is 9.79. The van der Waals surface area contributed by atoms with Gasteiger partial charge in [-0.05, 0) is 49.4 Å². The van der Waals surface area contributed by atoms with Crippen molar-refractivity contribution >= 4 is 30.2 Å². The molecule has 39 heavy (non-hydrogen) atoms. The van der Waals surface area contributed by atoms with E-state index in [9.17, 15) is 14.4 Å². The number of benzene rings is 1. The minimum Gasteiger partial charge on any atom is -0.338 e. The molecule has 1 aromatic carbocycles. The second kappa shape index (κ2) is 12.0. The summed E-state index contributed by atoms with van der Waals surface area (Å²) in [5.74, 6) is 0.0384. The maximum atomic E-state index is 12.7. The summed E-state index contributed by atoms with van der Waals surface area (Å²) in [6.07, 6.45) is 2.59. The molecule has 5 N–H and O–H groups in total. The number of aromatic nitrogens is 2. The van der Waals surface area contributed by atoms with Crippen LogP contribution >= 0.6 is 12.4 Å². The highest BCUT2D eigenvalue weighted by Crippen LogP contribution is 2.28. The number of anilines is 1. The van der Waals surface area contributed by atoms with E-state index < -0.39 is 11.2 Å². The van der Waals surface area contributed by atoms with Gasteiger partial charge in [-0.2, -0.15) is 4.98 Å². The van der Waals surface area contributed by atoms with Gasteiger partial charge in [0.1, 0.15) is 5.82 Å². The van der Waals surface area contributed by atoms with E-state index in [1.807, 2.05) is 24.3 Å². The van der Waals surface area contributed by atoms with Crippen molar-refractivity contribution in [1.82, 2.24) is 24.3 Å². The molecule has 1 aromatic heterocycles. The number of nitrogens with one attached hydrogen (secondary N) is 1. The lowest BCUT2D eigenvalue weighted by molar-refractivity contribution is -0.137. The normalized spacial score (nSPS) is 19.8. The van der Waals surface area contributed by atoms with Gasteiger partial charge in [0.25, 0.3) is 0 Å². The molecule has 2 fully saturated rings. The van der Waals surface area contributed by atoms with E-state index in [-0.39, 0.29) is 41.6 Å². The molecule has 0 radical (unpaired) electrons. The summed E-state index contributed by atoms with van der Waals surface area (Å²) in [5.41, 5.74) is 12.7. The van der Waals surface area contributed by atoms with Crippen LogP contribution in [-0.2, 0) is 11.3 Å². The zero-order valence-electron chi connectivity index (χ0n) is 23.2. The van der Waals surface area contributed by atoms with Crippen LogP contribution in [0, 0.1) is 5.41 Å². The van der Waals surface area contributed by atoms with Crippen molar-refractivity contribution in [1.29, 1.82) is 0 Å². The van der Waals surface area contributed by atoms with Crippen molar-refractivity contribution in [3.05, 3.63) is 52.6 Å². The first-order valence-electron chi connectivity index (χ1n) is 13.1. The number of urea groups is 1. The van der Waals surface area contributed by atoms with Crippen molar-refractivity contribution in [3.63, 3.8) is 0 Å². The van der Waals surface area contributed by atoms with Gasteiger partial charge in [-0.1, -0.05) is 26.0 Å². The fourth-order valence-corrected chi connectivity index (χ4v) is 5.02. The zero-order valence-corrected chi connectivity index (χ0v) is 24.0. The average Bonchev–Trinajstić information content (AvgIpc) is 2.86. The lowest BCUT2D eigenvalue weighted by Crippen LogP contribution is -2.58. The summed E-state index contributed by atoms with van der Waals surface area (Å²) in [5, 5.41) is 2.69. The fraction of sp³-hybridized carbons (Fsp3) is 0.556. The molecule has 0 bridgehead atoms. The Morgan fingerprint density at radius 3 is 2.23 bits per heavy atom. The maximum Gasteiger partial charge on any atom is 0.354 e. The van der Waals surface area contributed by atoms with Crippen LogP contribution in [0.2, 0.25) is 0 Å². The Kier molecular flexibility index (Phi) is 9.43. The van der Waals surface area contributed by atoms with Gasteiger partial charge in [0.05, 0.1) is 11.2 Å². The molecule has 0 aliphatic carbocycles. The van der Waals surface area contributed by atoms with Gasteiger partial charge < -0.3 is 21.3 Å². The molecule has 2 aliphatic heterocycles. The first kappa shape index (κ1) is 30.6. The topological polar surface area (TPSA) is 143 Å². The molecule has 11 nitrogen and oxygen atoms in total. The van der Waals surface area contributed by atoms with Gasteiger partial charge >= 0.3 is 11.7 Å². The number of halogens is 1. The molecule has 2 saturated heterocycles. The van der Waals surface area contributed by atoms with Crippen LogP contribution in [0.25, 0.3) is 5.69 Å². The molecule has 12 heteroatoms. The van der Waals surface area contributed by atoms with Crippen molar-refractivity contribution in [3.8, 4) is 5.69 Å². The number of hydrogen-bond acceptors (Lipinski definition) is 7. The van der Waals surface area contributed by atoms with Crippen LogP contribution in [0.3, 0.4) is 0 Å². The third-order valence-corrected chi connectivity index (χ3v) is 7.46. The summed E-state index contributed by atoms with van der Waals surface area (Å²) in [4.78, 5) is 47.5. The van der Waals surface area contributed by atoms with E-state index in [2.05, 4.69) is 29.0 Å². The molecule has 1 atom stereocenters. The molecule has 2 aromatic rings. The van der Waals surface area contributed by atoms with E-state index in [0.29, 0.717) is 31.9 Å². The van der Waals surface area contributed by atoms with Crippen molar-refractivity contribution < 1.29 is 9.59 Å². The summed E-state index contributed by atoms with van der Waals surface area (Å²) in [6, 6.07) is 9.31. The average molecular weight is 561 g/mol. The zero-order chi connectivity index (χ0) is 27.7. The SMILES string of the molecule is CC(C)(N)C(=O)N1CCN(C(=O)Nc2ccn(-c3ccc(CN4CCC(N)C(C)(C)C4)cc3)c(=O)n2)CC1.Cl. The predicted octanol–water partition coefficient (Wildman–Crippen LogP) is 1.63. The van der Waals surface area contributed by atoms with E-state index >= 15 is 0 Å². The largest absolute Gasteiger partial charge is 0.354 e. The quantitative estimate of drug-likeness (QED) is 0.504. The number of rotatable bonds is 5. The van der Waals surface area contributed by atoms with Crippen LogP contribution in [0.5, 0.6) is 0 Å². The number of carbonyl (C=O) groups is 2. The van der Waals surface area contributed by atoms with Crippen molar-refractivity contribution in [2.24, 2.45) is 16.9 Å². The van der Waals surface area contributed by atoms with Crippen LogP contribution < -0.4 is 22.5 Å². The van der Waals surface area contributed by atoms with Crippen molar-refractivity contribution in [2.75, 3.05) is 44.6 Å². The molecule has 0 saturated carbocycles. The Morgan fingerprint density at radius 1 is 1.05 bits per heavy atom. The van der Waals surface area contributed by atoms with E-state index in [1.165, 1.54) is 10.1 Å². The molecule has 3 amide bonds. The van der Waals surface area contributed by atoms with E-state index in [4.69, 9.17) is 11.5 Å². The molecule has 2 aliphatic rings. The van der Waals surface area contributed by atoms with Gasteiger partial charge in [-0.15, -0.1) is 12.4 Å². The fourth-order valence-electron chi connectivity index (χ4n) is 5.02. The Balaban J connectivity index is 0.00000420. The highest BCUT2D eigenvalue weighted by Gasteiger charge is 2.33. The van der Waals surface area contributed by atoms with Crippen LogP contribution in [0.4, 0.5) is 10.6 Å². The molecule has 3 heterocycles. The lowest BCUT2D eigenvalue weighted by Gasteiger charge is -2.42. The Hall–Kier alpha value is -2.99. The minimum atomic E-state index is -0.947. The summed E-state index contributed by atoms with van der Waals surface area (Å²) in [7, 11) is 0. The minimum absolute atomic E-state index is 0. The van der Waals surface area contributed by atoms with Gasteiger partial charge in [-0.25, -0.2) is 9.59 Å². The number of nitrogens with two attached hydrogens (primary N) is 2. The molecule has 0 spiro atoms. The smallest absolute Gasteiger partial charge is 0.338 e.